The molecule has 2 unspecified atom stereocenters. The lowest BCUT2D eigenvalue weighted by Gasteiger charge is -2.17. The van der Waals surface area contributed by atoms with E-state index in [1.54, 1.807) is 50.2 Å². The molecule has 0 aliphatic carbocycles. The van der Waals surface area contributed by atoms with E-state index < -0.39 is 12.2 Å². The van der Waals surface area contributed by atoms with Crippen LogP contribution in [0.15, 0.2) is 45.3 Å². The Hall–Kier alpha value is -1.48. The van der Waals surface area contributed by atoms with Gasteiger partial charge >= 0.3 is 0 Å². The van der Waals surface area contributed by atoms with Crippen molar-refractivity contribution >= 4 is 66.9 Å². The topological polar surface area (TPSA) is 76.7 Å². The van der Waals surface area contributed by atoms with E-state index in [1.807, 2.05) is 0 Å². The Balaban J connectivity index is 1.67. The second kappa shape index (κ2) is 12.5. The summed E-state index contributed by atoms with van der Waals surface area (Å²) < 4.78 is 12.6. The molecule has 0 aromatic heterocycles. The fourth-order valence-electron chi connectivity index (χ4n) is 2.43. The van der Waals surface area contributed by atoms with E-state index in [-0.39, 0.29) is 11.8 Å². The number of halogens is 4. The molecule has 2 rings (SSSR count). The molecule has 0 heterocycles. The minimum atomic E-state index is -0.682. The summed E-state index contributed by atoms with van der Waals surface area (Å²) in [5.41, 5.74) is 0. The number of ether oxygens (including phenoxy) is 2. The summed E-state index contributed by atoms with van der Waals surface area (Å²) in [6, 6.07) is 10.1. The third-order valence-corrected chi connectivity index (χ3v) is 5.80. The molecule has 2 aromatic carbocycles. The fourth-order valence-corrected chi connectivity index (χ4v) is 3.98. The molecule has 0 aliphatic heterocycles. The predicted molar refractivity (Wildman–Crippen MR) is 129 cm³/mol. The molecule has 0 saturated heterocycles. The van der Waals surface area contributed by atoms with Crippen LogP contribution in [0.5, 0.6) is 11.5 Å². The summed E-state index contributed by atoms with van der Waals surface area (Å²) in [5, 5.41) is 6.70. The Bertz CT molecular complexity index is 857. The highest BCUT2D eigenvalue weighted by atomic mass is 79.9. The van der Waals surface area contributed by atoms with E-state index in [9.17, 15) is 9.59 Å². The molecule has 2 aromatic rings. The maximum Gasteiger partial charge on any atom is 0.260 e. The predicted octanol–water partition coefficient (Wildman–Crippen LogP) is 5.38. The van der Waals surface area contributed by atoms with E-state index >= 15 is 0 Å². The van der Waals surface area contributed by atoms with Gasteiger partial charge in [0.25, 0.3) is 11.8 Å². The van der Waals surface area contributed by atoms with Gasteiger partial charge in [-0.1, -0.05) is 23.2 Å². The lowest BCUT2D eigenvalue weighted by Crippen LogP contribution is -2.40. The summed E-state index contributed by atoms with van der Waals surface area (Å²) in [6.45, 7) is 4.11. The molecule has 31 heavy (non-hydrogen) atoms. The van der Waals surface area contributed by atoms with E-state index in [4.69, 9.17) is 32.7 Å². The number of hydrogen-bond acceptors (Lipinski definition) is 4. The zero-order valence-corrected chi connectivity index (χ0v) is 21.6. The molecule has 168 valence electrons. The molecule has 0 saturated carbocycles. The van der Waals surface area contributed by atoms with Crippen LogP contribution in [0.1, 0.15) is 20.3 Å². The molecular weight excluding hydrogens is 575 g/mol. The van der Waals surface area contributed by atoms with Gasteiger partial charge in [-0.2, -0.15) is 0 Å². The van der Waals surface area contributed by atoms with Crippen molar-refractivity contribution in [1.29, 1.82) is 0 Å². The summed E-state index contributed by atoms with van der Waals surface area (Å²) in [4.78, 5) is 24.4. The van der Waals surface area contributed by atoms with Crippen molar-refractivity contribution in [3.63, 3.8) is 0 Å². The van der Waals surface area contributed by atoms with Gasteiger partial charge in [-0.15, -0.1) is 0 Å². The van der Waals surface area contributed by atoms with Crippen LogP contribution in [0.25, 0.3) is 0 Å². The Morgan fingerprint density at radius 2 is 1.23 bits per heavy atom. The number of nitrogens with one attached hydrogen (secondary N) is 2. The molecule has 0 aliphatic rings. The maximum atomic E-state index is 12.2. The smallest absolute Gasteiger partial charge is 0.260 e. The van der Waals surface area contributed by atoms with Crippen molar-refractivity contribution < 1.29 is 19.1 Å². The van der Waals surface area contributed by atoms with Crippen LogP contribution < -0.4 is 20.1 Å². The molecule has 0 fully saturated rings. The molecule has 0 spiro atoms. The lowest BCUT2D eigenvalue weighted by atomic mass is 10.3. The Labute approximate surface area is 208 Å². The highest BCUT2D eigenvalue weighted by Gasteiger charge is 2.17. The van der Waals surface area contributed by atoms with Gasteiger partial charge in [0.1, 0.15) is 11.5 Å². The Kier molecular flexibility index (Phi) is 10.4. The van der Waals surface area contributed by atoms with Crippen LogP contribution in [0.3, 0.4) is 0 Å². The van der Waals surface area contributed by atoms with Crippen LogP contribution in [0.2, 0.25) is 10.0 Å². The van der Waals surface area contributed by atoms with Gasteiger partial charge in [0.15, 0.2) is 12.2 Å². The number of hydrogen-bond donors (Lipinski definition) is 2. The number of benzene rings is 2. The molecule has 0 bridgehead atoms. The number of carbonyl (C=O) groups excluding carboxylic acids is 2. The SMILES string of the molecule is CC(Oc1ccc(Cl)cc1Br)C(=O)NCCCNC(=O)C(C)Oc1ccc(Cl)cc1Br. The number of rotatable bonds is 10. The largest absolute Gasteiger partial charge is 0.480 e. The van der Waals surface area contributed by atoms with Gasteiger partial charge in [-0.25, -0.2) is 0 Å². The second-order valence-corrected chi connectivity index (χ2v) is 9.19. The summed E-state index contributed by atoms with van der Waals surface area (Å²) in [7, 11) is 0. The van der Waals surface area contributed by atoms with Crippen molar-refractivity contribution in [3.05, 3.63) is 55.4 Å². The van der Waals surface area contributed by atoms with Gasteiger partial charge in [-0.3, -0.25) is 9.59 Å². The van der Waals surface area contributed by atoms with Crippen LogP contribution in [-0.2, 0) is 9.59 Å². The molecule has 2 atom stereocenters. The lowest BCUT2D eigenvalue weighted by molar-refractivity contribution is -0.127. The van der Waals surface area contributed by atoms with Crippen LogP contribution >= 0.6 is 55.1 Å². The third kappa shape index (κ3) is 8.52. The highest BCUT2D eigenvalue weighted by Crippen LogP contribution is 2.29. The van der Waals surface area contributed by atoms with Gasteiger partial charge < -0.3 is 20.1 Å². The summed E-state index contributed by atoms with van der Waals surface area (Å²) in [6.07, 6.45) is -0.803. The van der Waals surface area contributed by atoms with Crippen molar-refractivity contribution in [2.45, 2.75) is 32.5 Å². The van der Waals surface area contributed by atoms with E-state index in [2.05, 4.69) is 42.5 Å². The zero-order valence-electron chi connectivity index (χ0n) is 16.9. The van der Waals surface area contributed by atoms with Crippen LogP contribution in [0, 0.1) is 0 Å². The van der Waals surface area contributed by atoms with Crippen LogP contribution in [0.4, 0.5) is 0 Å². The second-order valence-electron chi connectivity index (χ2n) is 6.61. The number of amides is 2. The minimum Gasteiger partial charge on any atom is -0.480 e. The first-order valence-electron chi connectivity index (χ1n) is 9.46. The van der Waals surface area contributed by atoms with Crippen molar-refractivity contribution in [1.82, 2.24) is 10.6 Å². The molecule has 2 amide bonds. The molecule has 10 heteroatoms. The summed E-state index contributed by atoms with van der Waals surface area (Å²) in [5.74, 6) is 0.552. The average Bonchev–Trinajstić information content (AvgIpc) is 2.71. The molecule has 0 radical (unpaired) electrons. The Morgan fingerprint density at radius 3 is 1.58 bits per heavy atom. The van der Waals surface area contributed by atoms with Gasteiger partial charge in [0, 0.05) is 23.1 Å². The normalized spacial score (nSPS) is 12.6. The van der Waals surface area contributed by atoms with E-state index in [0.29, 0.717) is 50.0 Å². The maximum absolute atomic E-state index is 12.2. The van der Waals surface area contributed by atoms with Gasteiger partial charge in [-0.05, 0) is 88.5 Å². The Morgan fingerprint density at radius 1 is 0.839 bits per heavy atom. The monoisotopic (exact) mass is 594 g/mol. The van der Waals surface area contributed by atoms with E-state index in [0.717, 1.165) is 0 Å². The van der Waals surface area contributed by atoms with E-state index in [1.165, 1.54) is 0 Å². The number of carbonyl (C=O) groups is 2. The molecule has 6 nitrogen and oxygen atoms in total. The molecular formula is C21H22Br2Cl2N2O4. The first kappa shape index (κ1) is 25.8. The first-order chi connectivity index (χ1) is 14.7. The van der Waals surface area contributed by atoms with Gasteiger partial charge in [0.2, 0.25) is 0 Å². The summed E-state index contributed by atoms with van der Waals surface area (Å²) >= 11 is 18.5. The van der Waals surface area contributed by atoms with Crippen molar-refractivity contribution in [2.24, 2.45) is 0 Å². The third-order valence-electron chi connectivity index (χ3n) is 4.09. The average molecular weight is 597 g/mol. The minimum absolute atomic E-state index is 0.252. The quantitative estimate of drug-likeness (QED) is 0.361. The molecule has 2 N–H and O–H groups in total. The van der Waals surface area contributed by atoms with Crippen molar-refractivity contribution in [2.75, 3.05) is 13.1 Å². The highest BCUT2D eigenvalue weighted by molar-refractivity contribution is 9.10. The standard InChI is InChI=1S/C21H22Br2Cl2N2O4/c1-12(30-18-6-4-14(24)10-16(18)22)20(28)26-8-3-9-27-21(29)13(2)31-19-7-5-15(25)11-17(19)23/h4-7,10-13H,3,8-9H2,1-2H3,(H,26,28)(H,27,29). The van der Waals surface area contributed by atoms with Crippen molar-refractivity contribution in [3.8, 4) is 11.5 Å². The first-order valence-corrected chi connectivity index (χ1v) is 11.8. The fraction of sp³-hybridized carbons (Fsp3) is 0.333. The van der Waals surface area contributed by atoms with Gasteiger partial charge in [0.05, 0.1) is 8.95 Å². The zero-order chi connectivity index (χ0) is 23.0. The van der Waals surface area contributed by atoms with Crippen LogP contribution in [-0.4, -0.2) is 37.1 Å².